The minimum atomic E-state index is -0.942. The van der Waals surface area contributed by atoms with Crippen LogP contribution in [-0.2, 0) is 14.3 Å². The number of thiol groups is 1. The lowest BCUT2D eigenvalue weighted by Crippen LogP contribution is -2.54. The van der Waals surface area contributed by atoms with E-state index in [1.54, 1.807) is 31.7 Å². The molecule has 2 N–H and O–H groups in total. The third kappa shape index (κ3) is 12.1. The highest BCUT2D eigenvalue weighted by atomic mass is 32.1. The summed E-state index contributed by atoms with van der Waals surface area (Å²) in [5, 5.41) is 5.69. The summed E-state index contributed by atoms with van der Waals surface area (Å²) in [4.78, 5) is 41.6. The first-order valence-corrected chi connectivity index (χ1v) is 14.1. The lowest BCUT2D eigenvalue weighted by Gasteiger charge is -2.34. The van der Waals surface area contributed by atoms with E-state index in [0.717, 1.165) is 50.5 Å². The van der Waals surface area contributed by atoms with Crippen molar-refractivity contribution in [1.82, 2.24) is 15.5 Å². The predicted octanol–water partition coefficient (Wildman–Crippen LogP) is 5.91. The van der Waals surface area contributed by atoms with E-state index in [2.05, 4.69) is 43.7 Å². The smallest absolute Gasteiger partial charge is 0.408 e. The molecule has 1 rings (SSSR count). The Kier molecular flexibility index (Phi) is 15.0. The second-order valence-electron chi connectivity index (χ2n) is 10.2. The van der Waals surface area contributed by atoms with Crippen LogP contribution in [0.1, 0.15) is 96.7 Å². The molecular weight excluding hydrogens is 486 g/mol. The molecule has 0 saturated carbocycles. The lowest BCUT2D eigenvalue weighted by molar-refractivity contribution is -0.142. The number of hydrogen-bond acceptors (Lipinski definition) is 5. The maximum Gasteiger partial charge on any atom is 0.408 e. The summed E-state index contributed by atoms with van der Waals surface area (Å²) in [5.74, 6) is -0.535. The fourth-order valence-corrected chi connectivity index (χ4v) is 4.17. The largest absolute Gasteiger partial charge is 0.444 e. The van der Waals surface area contributed by atoms with Crippen LogP contribution in [0.3, 0.4) is 0 Å². The van der Waals surface area contributed by atoms with Crippen molar-refractivity contribution in [3.8, 4) is 0 Å². The number of nitrogens with zero attached hydrogens (tertiary/aromatic N) is 1. The lowest BCUT2D eigenvalue weighted by atomic mass is 10.00. The van der Waals surface area contributed by atoms with Crippen LogP contribution in [0.5, 0.6) is 0 Å². The van der Waals surface area contributed by atoms with Crippen LogP contribution in [0.15, 0.2) is 30.8 Å². The first-order chi connectivity index (χ1) is 17.6. The van der Waals surface area contributed by atoms with Crippen molar-refractivity contribution in [1.29, 1.82) is 0 Å². The minimum absolute atomic E-state index is 0.0705. The average molecular weight is 534 g/mol. The van der Waals surface area contributed by atoms with Crippen molar-refractivity contribution in [3.05, 3.63) is 42.0 Å². The Morgan fingerprint density at radius 1 is 1.08 bits per heavy atom. The monoisotopic (exact) mass is 533 g/mol. The number of alkyl carbamates (subject to hydrolysis) is 1. The van der Waals surface area contributed by atoms with E-state index >= 15 is 0 Å². The van der Waals surface area contributed by atoms with Gasteiger partial charge < -0.3 is 20.3 Å². The van der Waals surface area contributed by atoms with Crippen molar-refractivity contribution in [2.45, 2.75) is 97.2 Å². The van der Waals surface area contributed by atoms with Crippen LogP contribution in [0, 0.1) is 0 Å². The van der Waals surface area contributed by atoms with Crippen LogP contribution < -0.4 is 10.6 Å². The fourth-order valence-electron chi connectivity index (χ4n) is 3.92. The number of amides is 3. The third-order valence-electron chi connectivity index (χ3n) is 5.81. The molecule has 8 heteroatoms. The highest BCUT2D eigenvalue weighted by Gasteiger charge is 2.35. The molecule has 0 radical (unpaired) electrons. The van der Waals surface area contributed by atoms with Crippen molar-refractivity contribution in [3.63, 3.8) is 0 Å². The van der Waals surface area contributed by atoms with Gasteiger partial charge in [0.05, 0.1) is 0 Å². The Morgan fingerprint density at radius 2 is 1.76 bits per heavy atom. The standard InChI is InChI=1S/C29H47N3O4S/c1-7-10-12-14-19-32(27(34)24(21-37)31-28(35)36-29(4,5)6)25(26(33)30-18-13-11-8-2)23-17-15-16-22(9-3)20-23/h9,15-17,20,24-25,37H,3,7-8,10-14,18-19,21H2,1-2,4-6H3,(H,30,33)(H,31,35). The molecule has 0 aliphatic carbocycles. The van der Waals surface area contributed by atoms with E-state index in [0.29, 0.717) is 18.7 Å². The van der Waals surface area contributed by atoms with Gasteiger partial charge >= 0.3 is 6.09 Å². The molecule has 208 valence electrons. The minimum Gasteiger partial charge on any atom is -0.444 e. The summed E-state index contributed by atoms with van der Waals surface area (Å²) in [6.45, 7) is 14.3. The first kappa shape index (κ1) is 32.5. The van der Waals surface area contributed by atoms with Crippen molar-refractivity contribution in [2.75, 3.05) is 18.8 Å². The summed E-state index contributed by atoms with van der Waals surface area (Å²) in [6, 6.07) is 5.71. The molecule has 1 aromatic rings. The van der Waals surface area contributed by atoms with Crippen molar-refractivity contribution in [2.24, 2.45) is 0 Å². The van der Waals surface area contributed by atoms with E-state index in [9.17, 15) is 14.4 Å². The summed E-state index contributed by atoms with van der Waals surface area (Å²) >= 11 is 4.35. The molecule has 2 atom stereocenters. The molecule has 0 bridgehead atoms. The van der Waals surface area contributed by atoms with Gasteiger partial charge in [0.15, 0.2) is 0 Å². The molecule has 0 saturated heterocycles. The maximum atomic E-state index is 13.9. The van der Waals surface area contributed by atoms with Gasteiger partial charge in [-0.15, -0.1) is 0 Å². The summed E-state index contributed by atoms with van der Waals surface area (Å²) in [5.41, 5.74) is 0.849. The van der Waals surface area contributed by atoms with Gasteiger partial charge in [-0.2, -0.15) is 12.6 Å². The zero-order chi connectivity index (χ0) is 27.8. The van der Waals surface area contributed by atoms with E-state index in [4.69, 9.17) is 4.74 Å². The molecule has 0 heterocycles. The van der Waals surface area contributed by atoms with Gasteiger partial charge in [-0.1, -0.05) is 76.8 Å². The van der Waals surface area contributed by atoms with E-state index in [1.165, 1.54) is 0 Å². The van der Waals surface area contributed by atoms with Crippen LogP contribution in [0.4, 0.5) is 4.79 Å². The normalized spacial score (nSPS) is 12.8. The molecule has 0 fully saturated rings. The Bertz CT molecular complexity index is 869. The molecule has 3 amide bonds. The molecule has 2 unspecified atom stereocenters. The maximum absolute atomic E-state index is 13.9. The van der Waals surface area contributed by atoms with Crippen LogP contribution in [-0.4, -0.2) is 53.3 Å². The number of ether oxygens (including phenoxy) is 1. The molecular formula is C29H47N3O4S. The van der Waals surface area contributed by atoms with E-state index < -0.39 is 23.8 Å². The van der Waals surface area contributed by atoms with Gasteiger partial charge in [0.25, 0.3) is 0 Å². The van der Waals surface area contributed by atoms with Gasteiger partial charge in [0.2, 0.25) is 11.8 Å². The highest BCUT2D eigenvalue weighted by molar-refractivity contribution is 7.80. The van der Waals surface area contributed by atoms with Crippen molar-refractivity contribution < 1.29 is 19.1 Å². The Labute approximate surface area is 229 Å². The van der Waals surface area contributed by atoms with Crippen molar-refractivity contribution >= 4 is 36.6 Å². The number of benzene rings is 1. The topological polar surface area (TPSA) is 87.7 Å². The summed E-state index contributed by atoms with van der Waals surface area (Å²) in [6.07, 6.45) is 7.71. The van der Waals surface area contributed by atoms with Crippen LogP contribution in [0.2, 0.25) is 0 Å². The number of carbonyl (C=O) groups is 3. The second kappa shape index (κ2) is 17.1. The SMILES string of the molecule is C=Cc1cccc(C(C(=O)NCCCCC)N(CCCCCC)C(=O)C(CS)NC(=O)OC(C)(C)C)c1. The Hall–Kier alpha value is -2.48. The first-order valence-electron chi connectivity index (χ1n) is 13.5. The third-order valence-corrected chi connectivity index (χ3v) is 6.17. The Balaban J connectivity index is 3.37. The number of carbonyl (C=O) groups excluding carboxylic acids is 3. The molecule has 0 aromatic heterocycles. The van der Waals surface area contributed by atoms with E-state index in [-0.39, 0.29) is 17.6 Å². The Morgan fingerprint density at radius 3 is 2.35 bits per heavy atom. The van der Waals surface area contributed by atoms with Gasteiger partial charge in [0, 0.05) is 18.8 Å². The fraction of sp³-hybridized carbons (Fsp3) is 0.621. The number of rotatable bonds is 16. The molecule has 1 aromatic carbocycles. The van der Waals surface area contributed by atoms with Crippen LogP contribution >= 0.6 is 12.6 Å². The van der Waals surface area contributed by atoms with Gasteiger partial charge in [0.1, 0.15) is 17.7 Å². The number of unbranched alkanes of at least 4 members (excludes halogenated alkanes) is 5. The molecule has 7 nitrogen and oxygen atoms in total. The van der Waals surface area contributed by atoms with Gasteiger partial charge in [-0.3, -0.25) is 9.59 Å². The zero-order valence-electron chi connectivity index (χ0n) is 23.3. The summed E-state index contributed by atoms with van der Waals surface area (Å²) < 4.78 is 5.37. The quantitative estimate of drug-likeness (QED) is 0.182. The molecule has 0 spiro atoms. The van der Waals surface area contributed by atoms with Gasteiger partial charge in [-0.05, 0) is 50.8 Å². The predicted molar refractivity (Wildman–Crippen MR) is 155 cm³/mol. The highest BCUT2D eigenvalue weighted by Crippen LogP contribution is 2.25. The average Bonchev–Trinajstić information content (AvgIpc) is 2.85. The number of nitrogens with one attached hydrogen (secondary N) is 2. The molecule has 37 heavy (non-hydrogen) atoms. The molecule has 0 aliphatic rings. The molecule has 0 aliphatic heterocycles. The van der Waals surface area contributed by atoms with Gasteiger partial charge in [-0.25, -0.2) is 4.79 Å². The number of hydrogen-bond donors (Lipinski definition) is 3. The zero-order valence-corrected chi connectivity index (χ0v) is 24.2. The van der Waals surface area contributed by atoms with E-state index in [1.807, 2.05) is 24.3 Å². The second-order valence-corrected chi connectivity index (χ2v) is 10.6. The summed E-state index contributed by atoms with van der Waals surface area (Å²) in [7, 11) is 0. The van der Waals surface area contributed by atoms with Crippen LogP contribution in [0.25, 0.3) is 6.08 Å².